The van der Waals surface area contributed by atoms with Crippen LogP contribution in [0.15, 0.2) is 22.0 Å². The molecule has 1 aromatic rings. The molecule has 1 aromatic heterocycles. The molecule has 1 N–H and O–H groups in total. The fourth-order valence-corrected chi connectivity index (χ4v) is 2.43. The summed E-state index contributed by atoms with van der Waals surface area (Å²) in [6.07, 6.45) is 4.93. The van der Waals surface area contributed by atoms with Crippen molar-refractivity contribution in [3.63, 3.8) is 0 Å². The lowest BCUT2D eigenvalue weighted by Gasteiger charge is -2.30. The monoisotopic (exact) mass is 262 g/mol. The fourth-order valence-electron chi connectivity index (χ4n) is 2.43. The van der Waals surface area contributed by atoms with E-state index in [0.717, 1.165) is 18.7 Å². The van der Waals surface area contributed by atoms with Gasteiger partial charge in [-0.15, -0.1) is 0 Å². The molecule has 19 heavy (non-hydrogen) atoms. The molecule has 100 valence electrons. The second-order valence-corrected chi connectivity index (χ2v) is 4.71. The minimum Gasteiger partial charge on any atom is -0.449 e. The number of hydrazone groups is 1. The third-order valence-corrected chi connectivity index (χ3v) is 3.47. The first-order chi connectivity index (χ1) is 9.24. The molecule has 7 nitrogen and oxygen atoms in total. The average Bonchev–Trinajstić information content (AvgIpc) is 3.09. The molecule has 1 fully saturated rings. The van der Waals surface area contributed by atoms with Crippen LogP contribution in [0, 0.1) is 0 Å². The number of oxazole rings is 1. The summed E-state index contributed by atoms with van der Waals surface area (Å²) in [6, 6.07) is 0. The Hall–Kier alpha value is -2.18. The molecule has 2 aliphatic rings. The third kappa shape index (κ3) is 2.35. The first-order valence-electron chi connectivity index (χ1n) is 6.28. The maximum Gasteiger partial charge on any atom is 0.270 e. The van der Waals surface area contributed by atoms with Crippen LogP contribution in [-0.4, -0.2) is 40.5 Å². The number of hydrogen-bond donors (Lipinski definition) is 1. The van der Waals surface area contributed by atoms with Gasteiger partial charge in [0.1, 0.15) is 12.0 Å². The molecule has 3 rings (SSSR count). The van der Waals surface area contributed by atoms with Gasteiger partial charge < -0.3 is 9.32 Å². The maximum absolute atomic E-state index is 12.1. The summed E-state index contributed by atoms with van der Waals surface area (Å²) >= 11 is 0. The van der Waals surface area contributed by atoms with E-state index in [1.165, 1.54) is 0 Å². The van der Waals surface area contributed by atoms with Gasteiger partial charge in [0.25, 0.3) is 5.91 Å². The molecule has 0 bridgehead atoms. The minimum absolute atomic E-state index is 0.0818. The second-order valence-electron chi connectivity index (χ2n) is 4.71. The van der Waals surface area contributed by atoms with E-state index in [1.54, 1.807) is 17.4 Å². The lowest BCUT2D eigenvalue weighted by molar-refractivity contribution is -0.126. The van der Waals surface area contributed by atoms with Crippen molar-refractivity contribution in [1.29, 1.82) is 0 Å². The molecular formula is C12H14N4O3. The van der Waals surface area contributed by atoms with Crippen molar-refractivity contribution in [3.8, 4) is 0 Å². The summed E-state index contributed by atoms with van der Waals surface area (Å²) in [5.74, 6) is 0.633. The number of hydrogen-bond acceptors (Lipinski definition) is 5. The minimum atomic E-state index is -0.224. The van der Waals surface area contributed by atoms with Crippen LogP contribution in [0.2, 0.25) is 0 Å². The van der Waals surface area contributed by atoms with Crippen LogP contribution in [0.4, 0.5) is 0 Å². The molecule has 0 radical (unpaired) electrons. The number of nitrogens with zero attached hydrogens (tertiary/aromatic N) is 3. The van der Waals surface area contributed by atoms with Gasteiger partial charge in [0.05, 0.1) is 12.6 Å². The van der Waals surface area contributed by atoms with Gasteiger partial charge in [0.2, 0.25) is 5.91 Å². The predicted molar refractivity (Wildman–Crippen MR) is 65.3 cm³/mol. The molecule has 0 aliphatic carbocycles. The van der Waals surface area contributed by atoms with Crippen molar-refractivity contribution < 1.29 is 14.0 Å². The zero-order valence-corrected chi connectivity index (χ0v) is 10.3. The summed E-state index contributed by atoms with van der Waals surface area (Å²) < 4.78 is 5.29. The Kier molecular flexibility index (Phi) is 3.02. The third-order valence-electron chi connectivity index (χ3n) is 3.47. The van der Waals surface area contributed by atoms with Gasteiger partial charge in [-0.05, 0) is 12.8 Å². The summed E-state index contributed by atoms with van der Waals surface area (Å²) in [5.41, 5.74) is 2.60. The number of likely N-dealkylation sites (tertiary alicyclic amines) is 1. The number of nitrogens with one attached hydrogen (secondary N) is 1. The number of carbonyl (C=O) groups is 2. The molecule has 1 saturated heterocycles. The molecule has 3 heterocycles. The molecule has 0 spiro atoms. The first kappa shape index (κ1) is 11.9. The largest absolute Gasteiger partial charge is 0.449 e. The molecular weight excluding hydrogens is 248 g/mol. The van der Waals surface area contributed by atoms with E-state index in [0.29, 0.717) is 18.8 Å². The van der Waals surface area contributed by atoms with Crippen LogP contribution in [-0.2, 0) is 9.59 Å². The highest BCUT2D eigenvalue weighted by Gasteiger charge is 2.30. The van der Waals surface area contributed by atoms with Crippen molar-refractivity contribution >= 4 is 17.5 Å². The summed E-state index contributed by atoms with van der Waals surface area (Å²) in [6.45, 7) is 1.28. The Labute approximate surface area is 109 Å². The van der Waals surface area contributed by atoms with E-state index in [1.807, 2.05) is 0 Å². The SMILES string of the molecule is O=C1CC(C(=O)N2CCC(c3ncco3)CC2)=NN1. The van der Waals surface area contributed by atoms with Gasteiger partial charge >= 0.3 is 0 Å². The van der Waals surface area contributed by atoms with Crippen LogP contribution in [0.25, 0.3) is 0 Å². The van der Waals surface area contributed by atoms with Crippen molar-refractivity contribution in [3.05, 3.63) is 18.4 Å². The number of amides is 2. The Morgan fingerprint density at radius 2 is 2.21 bits per heavy atom. The van der Waals surface area contributed by atoms with Crippen molar-refractivity contribution in [2.24, 2.45) is 5.10 Å². The molecule has 2 aliphatic heterocycles. The lowest BCUT2D eigenvalue weighted by atomic mass is 9.96. The average molecular weight is 262 g/mol. The molecule has 0 atom stereocenters. The number of rotatable bonds is 2. The van der Waals surface area contributed by atoms with E-state index in [4.69, 9.17) is 4.42 Å². The highest BCUT2D eigenvalue weighted by molar-refractivity contribution is 6.43. The highest BCUT2D eigenvalue weighted by Crippen LogP contribution is 2.26. The van der Waals surface area contributed by atoms with Crippen molar-refractivity contribution in [2.45, 2.75) is 25.2 Å². The van der Waals surface area contributed by atoms with Crippen LogP contribution < -0.4 is 5.43 Å². The zero-order chi connectivity index (χ0) is 13.2. The molecule has 7 heteroatoms. The van der Waals surface area contributed by atoms with Gasteiger partial charge in [-0.1, -0.05) is 0 Å². The zero-order valence-electron chi connectivity index (χ0n) is 10.3. The van der Waals surface area contributed by atoms with Crippen LogP contribution in [0.1, 0.15) is 31.1 Å². The van der Waals surface area contributed by atoms with Crippen molar-refractivity contribution in [2.75, 3.05) is 13.1 Å². The quantitative estimate of drug-likeness (QED) is 0.827. The molecule has 0 unspecified atom stereocenters. The number of carbonyl (C=O) groups excluding carboxylic acids is 2. The fraction of sp³-hybridized carbons (Fsp3) is 0.500. The van der Waals surface area contributed by atoms with E-state index in [9.17, 15) is 9.59 Å². The normalized spacial score (nSPS) is 20.3. The second kappa shape index (κ2) is 4.83. The molecule has 0 saturated carbocycles. The Balaban J connectivity index is 1.58. The Morgan fingerprint density at radius 1 is 1.42 bits per heavy atom. The Morgan fingerprint density at radius 3 is 2.79 bits per heavy atom. The summed E-state index contributed by atoms with van der Waals surface area (Å²) in [7, 11) is 0. The predicted octanol–water partition coefficient (Wildman–Crippen LogP) is 0.257. The van der Waals surface area contributed by atoms with Gasteiger partial charge in [-0.25, -0.2) is 10.4 Å². The topological polar surface area (TPSA) is 87.8 Å². The van der Waals surface area contributed by atoms with E-state index in [2.05, 4.69) is 15.5 Å². The summed E-state index contributed by atoms with van der Waals surface area (Å²) in [4.78, 5) is 29.0. The van der Waals surface area contributed by atoms with Gasteiger partial charge in [0.15, 0.2) is 5.89 Å². The standard InChI is InChI=1S/C12H14N4O3/c17-10-7-9(14-15-10)12(18)16-4-1-8(2-5-16)11-13-3-6-19-11/h3,6,8H,1-2,4-5,7H2,(H,15,17). The van der Waals surface area contributed by atoms with Crippen LogP contribution in [0.3, 0.4) is 0 Å². The smallest absolute Gasteiger partial charge is 0.270 e. The van der Waals surface area contributed by atoms with E-state index < -0.39 is 0 Å². The maximum atomic E-state index is 12.1. The summed E-state index contributed by atoms with van der Waals surface area (Å²) in [5, 5.41) is 3.76. The molecule has 0 aromatic carbocycles. The van der Waals surface area contributed by atoms with E-state index in [-0.39, 0.29) is 24.2 Å². The first-order valence-corrected chi connectivity index (χ1v) is 6.28. The van der Waals surface area contributed by atoms with Gasteiger partial charge in [0, 0.05) is 19.0 Å². The van der Waals surface area contributed by atoms with Crippen LogP contribution in [0.5, 0.6) is 0 Å². The highest BCUT2D eigenvalue weighted by atomic mass is 16.3. The number of piperidine rings is 1. The van der Waals surface area contributed by atoms with Crippen molar-refractivity contribution in [1.82, 2.24) is 15.3 Å². The van der Waals surface area contributed by atoms with Gasteiger partial charge in [-0.3, -0.25) is 9.59 Å². The number of aromatic nitrogens is 1. The van der Waals surface area contributed by atoms with Gasteiger partial charge in [-0.2, -0.15) is 5.10 Å². The van der Waals surface area contributed by atoms with Crippen LogP contribution >= 0.6 is 0 Å². The Bertz CT molecular complexity index is 515. The van der Waals surface area contributed by atoms with E-state index >= 15 is 0 Å². The lowest BCUT2D eigenvalue weighted by Crippen LogP contribution is -2.41. The molecule has 2 amide bonds.